The maximum atomic E-state index is 12.2. The van der Waals surface area contributed by atoms with Crippen LogP contribution in [0.5, 0.6) is 0 Å². The summed E-state index contributed by atoms with van der Waals surface area (Å²) in [6.07, 6.45) is 4.28. The van der Waals surface area contributed by atoms with E-state index in [0.717, 1.165) is 19.4 Å². The lowest BCUT2D eigenvalue weighted by Crippen LogP contribution is -2.43. The van der Waals surface area contributed by atoms with Crippen LogP contribution < -0.4 is 10.6 Å². The van der Waals surface area contributed by atoms with Crippen LogP contribution in [0.1, 0.15) is 38.7 Å². The van der Waals surface area contributed by atoms with E-state index < -0.39 is 0 Å². The van der Waals surface area contributed by atoms with Gasteiger partial charge in [0.2, 0.25) is 5.91 Å². The Labute approximate surface area is 115 Å². The lowest BCUT2D eigenvalue weighted by molar-refractivity contribution is -0.125. The molecule has 1 aromatic carbocycles. The molecule has 0 radical (unpaired) electrons. The zero-order valence-electron chi connectivity index (χ0n) is 11.9. The summed E-state index contributed by atoms with van der Waals surface area (Å²) in [5, 5.41) is 6.50. The minimum Gasteiger partial charge on any atom is -0.382 e. The van der Waals surface area contributed by atoms with Crippen molar-refractivity contribution in [2.24, 2.45) is 5.92 Å². The molecule has 0 aliphatic carbocycles. The number of hydrogen-bond acceptors (Lipinski definition) is 2. The molecule has 2 unspecified atom stereocenters. The number of carbonyl (C=O) groups excluding carboxylic acids is 1. The highest BCUT2D eigenvalue weighted by Gasteiger charge is 2.29. The van der Waals surface area contributed by atoms with Crippen molar-refractivity contribution in [3.8, 4) is 0 Å². The SMILES string of the molecule is CCCCCNC(=O)C1Cc2ccccc2NC1C. The molecule has 0 aromatic heterocycles. The van der Waals surface area contributed by atoms with Gasteiger partial charge in [0.05, 0.1) is 5.92 Å². The average molecular weight is 260 g/mol. The number of rotatable bonds is 5. The van der Waals surface area contributed by atoms with Gasteiger partial charge in [0.15, 0.2) is 0 Å². The first-order chi connectivity index (χ1) is 9.22. The van der Waals surface area contributed by atoms with Crippen LogP contribution in [0.2, 0.25) is 0 Å². The molecular formula is C16H24N2O. The van der Waals surface area contributed by atoms with Gasteiger partial charge in [-0.2, -0.15) is 0 Å². The van der Waals surface area contributed by atoms with E-state index in [9.17, 15) is 4.79 Å². The summed E-state index contributed by atoms with van der Waals surface area (Å²) >= 11 is 0. The maximum Gasteiger partial charge on any atom is 0.225 e. The van der Waals surface area contributed by atoms with Gasteiger partial charge in [-0.15, -0.1) is 0 Å². The fourth-order valence-electron chi connectivity index (χ4n) is 2.64. The summed E-state index contributed by atoms with van der Waals surface area (Å²) < 4.78 is 0. The maximum absolute atomic E-state index is 12.2. The molecule has 0 saturated carbocycles. The fourth-order valence-corrected chi connectivity index (χ4v) is 2.64. The number of para-hydroxylation sites is 1. The van der Waals surface area contributed by atoms with E-state index >= 15 is 0 Å². The van der Waals surface area contributed by atoms with Crippen LogP contribution in [0.15, 0.2) is 24.3 Å². The number of hydrogen-bond donors (Lipinski definition) is 2. The third kappa shape index (κ3) is 3.49. The van der Waals surface area contributed by atoms with E-state index in [1.165, 1.54) is 24.1 Å². The Hall–Kier alpha value is -1.51. The van der Waals surface area contributed by atoms with Crippen LogP contribution in [-0.2, 0) is 11.2 Å². The molecule has 3 heteroatoms. The van der Waals surface area contributed by atoms with Crippen molar-refractivity contribution in [1.82, 2.24) is 5.32 Å². The molecular weight excluding hydrogens is 236 g/mol. The van der Waals surface area contributed by atoms with E-state index in [-0.39, 0.29) is 17.9 Å². The van der Waals surface area contributed by atoms with Crippen molar-refractivity contribution < 1.29 is 4.79 Å². The lowest BCUT2D eigenvalue weighted by atomic mass is 9.87. The Morgan fingerprint density at radius 3 is 2.95 bits per heavy atom. The number of nitrogens with one attached hydrogen (secondary N) is 2. The third-order valence-corrected chi connectivity index (χ3v) is 3.86. The zero-order valence-corrected chi connectivity index (χ0v) is 11.9. The van der Waals surface area contributed by atoms with Gasteiger partial charge in [-0.1, -0.05) is 38.0 Å². The molecule has 2 N–H and O–H groups in total. The van der Waals surface area contributed by atoms with Gasteiger partial charge < -0.3 is 10.6 Å². The van der Waals surface area contributed by atoms with Gasteiger partial charge in [-0.05, 0) is 31.4 Å². The van der Waals surface area contributed by atoms with Gasteiger partial charge in [0, 0.05) is 18.3 Å². The second-order valence-corrected chi connectivity index (χ2v) is 5.40. The number of unbranched alkanes of at least 4 members (excludes halogenated alkanes) is 2. The molecule has 0 saturated heterocycles. The zero-order chi connectivity index (χ0) is 13.7. The Bertz CT molecular complexity index is 431. The van der Waals surface area contributed by atoms with Crippen LogP contribution in [0.3, 0.4) is 0 Å². The molecule has 19 heavy (non-hydrogen) atoms. The standard InChI is InChI=1S/C16H24N2O/c1-3-4-7-10-17-16(19)14-11-13-8-5-6-9-15(13)18-12(14)2/h5-6,8-9,12,14,18H,3-4,7,10-11H2,1-2H3,(H,17,19). The third-order valence-electron chi connectivity index (χ3n) is 3.86. The molecule has 3 nitrogen and oxygen atoms in total. The van der Waals surface area contributed by atoms with Gasteiger partial charge in [-0.3, -0.25) is 4.79 Å². The molecule has 2 atom stereocenters. The van der Waals surface area contributed by atoms with Crippen molar-refractivity contribution in [2.45, 2.75) is 45.6 Å². The van der Waals surface area contributed by atoms with Crippen LogP contribution in [0.25, 0.3) is 0 Å². The van der Waals surface area contributed by atoms with E-state index in [0.29, 0.717) is 0 Å². The number of carbonyl (C=O) groups is 1. The minimum absolute atomic E-state index is 0.0385. The molecule has 1 aliphatic rings. The van der Waals surface area contributed by atoms with Crippen LogP contribution in [-0.4, -0.2) is 18.5 Å². The highest BCUT2D eigenvalue weighted by Crippen LogP contribution is 2.28. The number of anilines is 1. The second-order valence-electron chi connectivity index (χ2n) is 5.40. The first-order valence-corrected chi connectivity index (χ1v) is 7.34. The predicted octanol–water partition coefficient (Wildman–Crippen LogP) is 2.97. The van der Waals surface area contributed by atoms with Crippen molar-refractivity contribution in [3.63, 3.8) is 0 Å². The smallest absolute Gasteiger partial charge is 0.225 e. The first-order valence-electron chi connectivity index (χ1n) is 7.34. The van der Waals surface area contributed by atoms with Gasteiger partial charge in [0.1, 0.15) is 0 Å². The molecule has 1 heterocycles. The first kappa shape index (κ1) is 13.9. The monoisotopic (exact) mass is 260 g/mol. The quantitative estimate of drug-likeness (QED) is 0.799. The Morgan fingerprint density at radius 1 is 1.37 bits per heavy atom. The molecule has 2 rings (SSSR count). The second kappa shape index (κ2) is 6.60. The molecule has 0 fully saturated rings. The summed E-state index contributed by atoms with van der Waals surface area (Å²) in [5.74, 6) is 0.224. The summed E-state index contributed by atoms with van der Waals surface area (Å²) in [4.78, 5) is 12.2. The largest absolute Gasteiger partial charge is 0.382 e. The number of fused-ring (bicyclic) bond motifs is 1. The summed E-state index contributed by atoms with van der Waals surface area (Å²) in [5.41, 5.74) is 2.42. The Balaban J connectivity index is 1.92. The van der Waals surface area contributed by atoms with Gasteiger partial charge in [-0.25, -0.2) is 0 Å². The number of benzene rings is 1. The van der Waals surface area contributed by atoms with E-state index in [2.05, 4.69) is 36.6 Å². The summed E-state index contributed by atoms with van der Waals surface area (Å²) in [6.45, 7) is 5.07. The molecule has 0 bridgehead atoms. The van der Waals surface area contributed by atoms with E-state index in [1.54, 1.807) is 0 Å². The Morgan fingerprint density at radius 2 is 2.16 bits per heavy atom. The Kier molecular flexibility index (Phi) is 4.83. The number of amides is 1. The molecule has 1 aromatic rings. The van der Waals surface area contributed by atoms with E-state index in [1.807, 2.05) is 12.1 Å². The normalized spacial score (nSPS) is 21.4. The highest BCUT2D eigenvalue weighted by molar-refractivity contribution is 5.81. The minimum atomic E-state index is 0.0385. The van der Waals surface area contributed by atoms with Crippen molar-refractivity contribution in [2.75, 3.05) is 11.9 Å². The fraction of sp³-hybridized carbons (Fsp3) is 0.562. The lowest BCUT2D eigenvalue weighted by Gasteiger charge is -2.31. The predicted molar refractivity (Wildman–Crippen MR) is 79.3 cm³/mol. The van der Waals surface area contributed by atoms with Crippen molar-refractivity contribution >= 4 is 11.6 Å². The topological polar surface area (TPSA) is 41.1 Å². The molecule has 0 spiro atoms. The van der Waals surface area contributed by atoms with E-state index in [4.69, 9.17) is 0 Å². The van der Waals surface area contributed by atoms with Crippen molar-refractivity contribution in [3.05, 3.63) is 29.8 Å². The molecule has 1 amide bonds. The van der Waals surface area contributed by atoms with Gasteiger partial charge >= 0.3 is 0 Å². The summed E-state index contributed by atoms with van der Waals surface area (Å²) in [7, 11) is 0. The van der Waals surface area contributed by atoms with Gasteiger partial charge in [0.25, 0.3) is 0 Å². The highest BCUT2D eigenvalue weighted by atomic mass is 16.1. The van der Waals surface area contributed by atoms with Crippen molar-refractivity contribution in [1.29, 1.82) is 0 Å². The molecule has 1 aliphatic heterocycles. The molecule has 104 valence electrons. The average Bonchev–Trinajstić information content (AvgIpc) is 2.42. The summed E-state index contributed by atoms with van der Waals surface area (Å²) in [6, 6.07) is 8.45. The van der Waals surface area contributed by atoms with Crippen LogP contribution in [0, 0.1) is 5.92 Å². The van der Waals surface area contributed by atoms with Crippen LogP contribution in [0.4, 0.5) is 5.69 Å². The van der Waals surface area contributed by atoms with Crippen LogP contribution >= 0.6 is 0 Å².